The third kappa shape index (κ3) is 33.3. The first-order valence-corrected chi connectivity index (χ1v) is 25.3. The lowest BCUT2D eigenvalue weighted by Crippen LogP contribution is -2.60. The normalized spacial score (nSPS) is 20.5. The highest BCUT2D eigenvalue weighted by molar-refractivity contribution is 7.80. The quantitative estimate of drug-likeness (QED) is 0.0198. The molecule has 12 nitrogen and oxygen atoms in total. The van der Waals surface area contributed by atoms with Gasteiger partial charge < -0.3 is 34.3 Å². The van der Waals surface area contributed by atoms with Crippen LogP contribution in [0.3, 0.4) is 0 Å². The van der Waals surface area contributed by atoms with E-state index in [2.05, 4.69) is 66.6 Å². The molecule has 1 aliphatic rings. The van der Waals surface area contributed by atoms with Gasteiger partial charge in [-0.25, -0.2) is 4.18 Å². The van der Waals surface area contributed by atoms with E-state index >= 15 is 0 Å². The number of hydrogen-bond acceptors (Lipinski definition) is 11. The molecule has 0 aromatic heterocycles. The molecular formula is C48H86O12S. The maximum Gasteiger partial charge on any atom is 0.397 e. The molecule has 1 rings (SSSR count). The minimum absolute atomic E-state index is 0.0294. The second kappa shape index (κ2) is 39.6. The van der Waals surface area contributed by atoms with Crippen LogP contribution >= 0.6 is 0 Å². The summed E-state index contributed by atoms with van der Waals surface area (Å²) in [4.78, 5) is 12.9. The molecule has 0 spiro atoms. The van der Waals surface area contributed by atoms with Gasteiger partial charge in [-0.15, -0.1) is 0 Å². The van der Waals surface area contributed by atoms with Crippen molar-refractivity contribution in [3.05, 3.63) is 48.6 Å². The molecule has 61 heavy (non-hydrogen) atoms. The van der Waals surface area contributed by atoms with Gasteiger partial charge in [0.1, 0.15) is 30.5 Å². The van der Waals surface area contributed by atoms with E-state index in [1.54, 1.807) is 0 Å². The van der Waals surface area contributed by atoms with Crippen LogP contribution in [-0.2, 0) is 38.3 Å². The molecule has 13 heteroatoms. The Morgan fingerprint density at radius 3 is 1.66 bits per heavy atom. The molecule has 1 saturated heterocycles. The van der Waals surface area contributed by atoms with Crippen LogP contribution in [0, 0.1) is 0 Å². The van der Waals surface area contributed by atoms with Crippen LogP contribution in [0.15, 0.2) is 48.6 Å². The summed E-state index contributed by atoms with van der Waals surface area (Å²) in [5.41, 5.74) is 0. The first kappa shape index (κ1) is 57.1. The van der Waals surface area contributed by atoms with Crippen molar-refractivity contribution in [2.45, 2.75) is 224 Å². The highest BCUT2D eigenvalue weighted by Gasteiger charge is 2.48. The zero-order chi connectivity index (χ0) is 44.7. The topological polar surface area (TPSA) is 178 Å². The van der Waals surface area contributed by atoms with E-state index in [0.29, 0.717) is 13.0 Å². The molecule has 0 saturated carbocycles. The lowest BCUT2D eigenvalue weighted by molar-refractivity contribution is -0.301. The average molecular weight is 887 g/mol. The zero-order valence-electron chi connectivity index (χ0n) is 38.0. The fourth-order valence-corrected chi connectivity index (χ4v) is 7.64. The van der Waals surface area contributed by atoms with Crippen molar-refractivity contribution in [1.29, 1.82) is 0 Å². The second-order valence-corrected chi connectivity index (χ2v) is 17.4. The Kier molecular flexibility index (Phi) is 37.1. The molecule has 0 aromatic rings. The van der Waals surface area contributed by atoms with Gasteiger partial charge in [0.05, 0.1) is 19.8 Å². The summed E-state index contributed by atoms with van der Waals surface area (Å²) in [5.74, 6) is -0.403. The van der Waals surface area contributed by atoms with Gasteiger partial charge in [0.25, 0.3) is 0 Å². The molecule has 356 valence electrons. The molecule has 6 unspecified atom stereocenters. The Hall–Kier alpha value is -1.94. The first-order valence-electron chi connectivity index (χ1n) is 23.9. The van der Waals surface area contributed by atoms with Crippen LogP contribution in [0.25, 0.3) is 0 Å². The van der Waals surface area contributed by atoms with Gasteiger partial charge in [0.15, 0.2) is 6.29 Å². The maximum absolute atomic E-state index is 12.9. The summed E-state index contributed by atoms with van der Waals surface area (Å²) >= 11 is 0. The molecule has 0 aromatic carbocycles. The van der Waals surface area contributed by atoms with Crippen LogP contribution in [0.5, 0.6) is 0 Å². The Morgan fingerprint density at radius 2 is 1.13 bits per heavy atom. The predicted octanol–water partition coefficient (Wildman–Crippen LogP) is 10.4. The van der Waals surface area contributed by atoms with Gasteiger partial charge >= 0.3 is 16.4 Å². The van der Waals surface area contributed by atoms with Crippen LogP contribution < -0.4 is 0 Å². The number of carbonyl (C=O) groups excluding carboxylic acids is 1. The van der Waals surface area contributed by atoms with Crippen LogP contribution in [-0.4, -0.2) is 97.5 Å². The van der Waals surface area contributed by atoms with E-state index in [4.69, 9.17) is 23.5 Å². The third-order valence-electron chi connectivity index (χ3n) is 10.7. The van der Waals surface area contributed by atoms with Gasteiger partial charge in [-0.3, -0.25) is 9.35 Å². The van der Waals surface area contributed by atoms with E-state index in [-0.39, 0.29) is 19.6 Å². The maximum atomic E-state index is 12.9. The van der Waals surface area contributed by atoms with Crippen molar-refractivity contribution in [3.63, 3.8) is 0 Å². The Bertz CT molecular complexity index is 1250. The van der Waals surface area contributed by atoms with E-state index in [1.807, 2.05) is 0 Å². The number of ether oxygens (including phenoxy) is 4. The number of esters is 1. The molecule has 0 aliphatic carbocycles. The third-order valence-corrected chi connectivity index (χ3v) is 11.2. The largest absolute Gasteiger partial charge is 0.457 e. The highest BCUT2D eigenvalue weighted by atomic mass is 32.3. The number of rotatable bonds is 41. The van der Waals surface area contributed by atoms with Gasteiger partial charge in [-0.2, -0.15) is 8.42 Å². The number of aliphatic hydroxyl groups is 3. The van der Waals surface area contributed by atoms with Crippen LogP contribution in [0.4, 0.5) is 0 Å². The number of aliphatic hydroxyl groups excluding tert-OH is 3. The molecule has 1 heterocycles. The van der Waals surface area contributed by atoms with Crippen molar-refractivity contribution >= 4 is 16.4 Å². The minimum Gasteiger partial charge on any atom is -0.457 e. The lowest BCUT2D eigenvalue weighted by Gasteiger charge is -2.41. The van der Waals surface area contributed by atoms with E-state index in [9.17, 15) is 28.5 Å². The molecule has 0 radical (unpaired) electrons. The SMILES string of the molecule is CC/C=C\C/C=C\C/C=C\C/C=C\CCCCCCCCCOCC(COC1OC(CO)C(O)C(OS(=O)(=O)O)C1O)OC(=O)CCCCCCCCCCCCCCCC. The van der Waals surface area contributed by atoms with Crippen LogP contribution in [0.1, 0.15) is 187 Å². The van der Waals surface area contributed by atoms with Gasteiger partial charge in [-0.05, 0) is 51.4 Å². The molecule has 6 atom stereocenters. The zero-order valence-corrected chi connectivity index (χ0v) is 38.8. The molecule has 0 bridgehead atoms. The van der Waals surface area contributed by atoms with E-state index in [1.165, 1.54) is 83.5 Å². The Balaban J connectivity index is 2.40. The monoisotopic (exact) mass is 887 g/mol. The molecule has 1 aliphatic heterocycles. The van der Waals surface area contributed by atoms with Crippen molar-refractivity contribution in [3.8, 4) is 0 Å². The first-order chi connectivity index (χ1) is 29.6. The molecular weight excluding hydrogens is 801 g/mol. The predicted molar refractivity (Wildman–Crippen MR) is 243 cm³/mol. The van der Waals surface area contributed by atoms with Crippen LogP contribution in [0.2, 0.25) is 0 Å². The van der Waals surface area contributed by atoms with Gasteiger partial charge in [0, 0.05) is 13.0 Å². The second-order valence-electron chi connectivity index (χ2n) is 16.3. The van der Waals surface area contributed by atoms with Crippen molar-refractivity contribution in [1.82, 2.24) is 0 Å². The standard InChI is InChI=1S/C48H86O12S/c1-3-5-7-9-11-13-15-17-19-20-21-22-23-24-26-28-30-32-34-36-38-56-40-42(41-57-48-46(52)47(60-61(53,54)55)45(51)43(39-49)59-48)58-44(50)37-35-33-31-29-27-25-18-16-14-12-10-8-6-4-2/h5,7,11,13,17,19,21-22,42-43,45-49,51-52H,3-4,6,8-10,12,14-16,18,20,23-41H2,1-2H3,(H,53,54,55)/b7-5-,13-11-,19-17-,22-21-. The minimum atomic E-state index is -5.06. The number of carbonyl (C=O) groups is 1. The lowest BCUT2D eigenvalue weighted by atomic mass is 9.99. The number of hydrogen-bond donors (Lipinski definition) is 4. The van der Waals surface area contributed by atoms with Crippen molar-refractivity contribution < 1.29 is 56.2 Å². The summed E-state index contributed by atoms with van der Waals surface area (Å²) in [6.45, 7) is 3.86. The Morgan fingerprint density at radius 1 is 0.639 bits per heavy atom. The number of unbranched alkanes of at least 4 members (excludes halogenated alkanes) is 20. The smallest absolute Gasteiger partial charge is 0.397 e. The number of allylic oxidation sites excluding steroid dienone is 8. The fraction of sp³-hybridized carbons (Fsp3) is 0.812. The highest BCUT2D eigenvalue weighted by Crippen LogP contribution is 2.26. The molecule has 4 N–H and O–H groups in total. The van der Waals surface area contributed by atoms with Crippen molar-refractivity contribution in [2.24, 2.45) is 0 Å². The van der Waals surface area contributed by atoms with Crippen molar-refractivity contribution in [2.75, 3.05) is 26.4 Å². The van der Waals surface area contributed by atoms with E-state index < -0.39 is 59.8 Å². The molecule has 0 amide bonds. The summed E-state index contributed by atoms with van der Waals surface area (Å²) in [6.07, 6.45) is 38.5. The fourth-order valence-electron chi connectivity index (χ4n) is 7.13. The summed E-state index contributed by atoms with van der Waals surface area (Å²) in [7, 11) is -5.06. The molecule has 1 fully saturated rings. The average Bonchev–Trinajstić information content (AvgIpc) is 3.23. The van der Waals surface area contributed by atoms with E-state index in [0.717, 1.165) is 77.0 Å². The van der Waals surface area contributed by atoms with Gasteiger partial charge in [0.2, 0.25) is 0 Å². The van der Waals surface area contributed by atoms with Gasteiger partial charge in [-0.1, -0.05) is 178 Å². The summed E-state index contributed by atoms with van der Waals surface area (Å²) in [6, 6.07) is 0. The summed E-state index contributed by atoms with van der Waals surface area (Å²) in [5, 5.41) is 30.7. The Labute approximate surface area is 370 Å². The summed E-state index contributed by atoms with van der Waals surface area (Å²) < 4.78 is 59.1.